The van der Waals surface area contributed by atoms with Gasteiger partial charge in [-0.3, -0.25) is 4.79 Å². The molecule has 5 nitrogen and oxygen atoms in total. The largest absolute Gasteiger partial charge is 0.478 e. The van der Waals surface area contributed by atoms with Crippen LogP contribution in [0.2, 0.25) is 5.02 Å². The van der Waals surface area contributed by atoms with Gasteiger partial charge in [-0.1, -0.05) is 17.7 Å². The fraction of sp³-hybridized carbons (Fsp3) is 0.0667. The first-order valence-electron chi connectivity index (χ1n) is 6.04. The minimum absolute atomic E-state index is 0.0611. The second-order valence-corrected chi connectivity index (χ2v) is 4.65. The third-order valence-electron chi connectivity index (χ3n) is 2.65. The molecule has 21 heavy (non-hydrogen) atoms. The molecule has 0 aliphatic rings. The number of carboxylic acid groups (broad SMARTS) is 1. The summed E-state index contributed by atoms with van der Waals surface area (Å²) in [6.07, 6.45) is 2.75. The predicted molar refractivity (Wildman–Crippen MR) is 79.5 cm³/mol. The highest BCUT2D eigenvalue weighted by molar-refractivity contribution is 6.34. The van der Waals surface area contributed by atoms with Gasteiger partial charge in [-0.25, -0.2) is 4.79 Å². The SMILES string of the molecule is Cc1ccc(C=CC(=O)Nc2cccc(Cl)c2C(=O)O)o1. The maximum absolute atomic E-state index is 11.8. The number of anilines is 1. The summed E-state index contributed by atoms with van der Waals surface area (Å²) in [7, 11) is 0. The number of amides is 1. The van der Waals surface area contributed by atoms with Crippen LogP contribution in [0.5, 0.6) is 0 Å². The fourth-order valence-corrected chi connectivity index (χ4v) is 1.98. The minimum Gasteiger partial charge on any atom is -0.478 e. The quantitative estimate of drug-likeness (QED) is 0.846. The second-order valence-electron chi connectivity index (χ2n) is 4.24. The van der Waals surface area contributed by atoms with Gasteiger partial charge >= 0.3 is 5.97 Å². The van der Waals surface area contributed by atoms with Crippen molar-refractivity contribution >= 4 is 35.2 Å². The molecule has 0 unspecified atom stereocenters. The lowest BCUT2D eigenvalue weighted by atomic mass is 10.1. The Morgan fingerprint density at radius 3 is 2.67 bits per heavy atom. The summed E-state index contributed by atoms with van der Waals surface area (Å²) in [6.45, 7) is 1.79. The molecule has 1 heterocycles. The van der Waals surface area contributed by atoms with Crippen LogP contribution in [0.25, 0.3) is 6.08 Å². The molecule has 0 radical (unpaired) electrons. The summed E-state index contributed by atoms with van der Waals surface area (Å²) >= 11 is 5.82. The normalized spacial score (nSPS) is 10.8. The predicted octanol–water partition coefficient (Wildman–Crippen LogP) is 3.59. The molecule has 0 bridgehead atoms. The number of furan rings is 1. The van der Waals surface area contributed by atoms with Crippen LogP contribution >= 0.6 is 11.6 Å². The summed E-state index contributed by atoms with van der Waals surface area (Å²) in [5.74, 6) is -0.416. The van der Waals surface area contributed by atoms with Gasteiger partial charge in [0.15, 0.2) is 0 Å². The summed E-state index contributed by atoms with van der Waals surface area (Å²) in [5.41, 5.74) is -0.00460. The van der Waals surface area contributed by atoms with Crippen molar-refractivity contribution in [2.45, 2.75) is 6.92 Å². The van der Waals surface area contributed by atoms with Crippen LogP contribution in [-0.2, 0) is 4.79 Å². The zero-order chi connectivity index (χ0) is 15.4. The Morgan fingerprint density at radius 2 is 2.05 bits per heavy atom. The topological polar surface area (TPSA) is 79.5 Å². The molecule has 108 valence electrons. The molecule has 1 amide bonds. The van der Waals surface area contributed by atoms with Gasteiger partial charge in [0.05, 0.1) is 10.7 Å². The van der Waals surface area contributed by atoms with Crippen molar-refractivity contribution in [3.05, 3.63) is 58.5 Å². The van der Waals surface area contributed by atoms with Crippen LogP contribution in [0.3, 0.4) is 0 Å². The maximum atomic E-state index is 11.8. The van der Waals surface area contributed by atoms with Crippen LogP contribution in [0.15, 0.2) is 40.8 Å². The molecule has 1 aromatic heterocycles. The molecule has 0 aliphatic heterocycles. The van der Waals surface area contributed by atoms with Gasteiger partial charge < -0.3 is 14.8 Å². The van der Waals surface area contributed by atoms with Gasteiger partial charge in [-0.2, -0.15) is 0 Å². The Bertz CT molecular complexity index is 718. The summed E-state index contributed by atoms with van der Waals surface area (Å²) in [4.78, 5) is 22.9. The number of carbonyl (C=O) groups excluding carboxylic acids is 1. The number of rotatable bonds is 4. The fourth-order valence-electron chi connectivity index (χ4n) is 1.72. The molecule has 2 aromatic rings. The zero-order valence-electron chi connectivity index (χ0n) is 11.1. The number of aromatic carboxylic acids is 1. The number of aryl methyl sites for hydroxylation is 1. The van der Waals surface area contributed by atoms with Crippen molar-refractivity contribution in [1.29, 1.82) is 0 Å². The van der Waals surface area contributed by atoms with E-state index in [0.29, 0.717) is 5.76 Å². The molecule has 2 rings (SSSR count). The van der Waals surface area contributed by atoms with Crippen molar-refractivity contribution in [1.82, 2.24) is 0 Å². The number of nitrogens with one attached hydrogen (secondary N) is 1. The van der Waals surface area contributed by atoms with Crippen molar-refractivity contribution < 1.29 is 19.1 Å². The Balaban J connectivity index is 2.15. The van der Waals surface area contributed by atoms with Gasteiger partial charge in [-0.15, -0.1) is 0 Å². The molecule has 2 N–H and O–H groups in total. The lowest BCUT2D eigenvalue weighted by Crippen LogP contribution is -2.12. The number of hydrogen-bond acceptors (Lipinski definition) is 3. The lowest BCUT2D eigenvalue weighted by molar-refractivity contribution is -0.111. The van der Waals surface area contributed by atoms with Crippen molar-refractivity contribution in [2.24, 2.45) is 0 Å². The number of benzene rings is 1. The maximum Gasteiger partial charge on any atom is 0.339 e. The third kappa shape index (κ3) is 3.73. The first kappa shape index (κ1) is 14.9. The van der Waals surface area contributed by atoms with Crippen LogP contribution < -0.4 is 5.32 Å². The van der Waals surface area contributed by atoms with E-state index in [1.54, 1.807) is 25.1 Å². The Morgan fingerprint density at radius 1 is 1.29 bits per heavy atom. The Kier molecular flexibility index (Phi) is 4.45. The third-order valence-corrected chi connectivity index (χ3v) is 2.96. The first-order valence-corrected chi connectivity index (χ1v) is 6.42. The lowest BCUT2D eigenvalue weighted by Gasteiger charge is -2.07. The minimum atomic E-state index is -1.21. The number of hydrogen-bond donors (Lipinski definition) is 2. The molecule has 6 heteroatoms. The Labute approximate surface area is 125 Å². The molecule has 0 aliphatic carbocycles. The molecule has 0 fully saturated rings. The van der Waals surface area contributed by atoms with Gasteiger partial charge in [-0.05, 0) is 37.3 Å². The van der Waals surface area contributed by atoms with E-state index in [2.05, 4.69) is 5.32 Å². The van der Waals surface area contributed by atoms with E-state index in [1.807, 2.05) is 0 Å². The molecule has 0 spiro atoms. The standard InChI is InChI=1S/C15H12ClNO4/c1-9-5-6-10(21-9)7-8-13(18)17-12-4-2-3-11(16)14(12)15(19)20/h2-8H,1H3,(H,17,18)(H,19,20). The number of halogens is 1. The summed E-state index contributed by atoms with van der Waals surface area (Å²) in [6, 6.07) is 7.97. The van der Waals surface area contributed by atoms with E-state index < -0.39 is 11.9 Å². The second kappa shape index (κ2) is 6.28. The van der Waals surface area contributed by atoms with E-state index >= 15 is 0 Å². The number of carboxylic acids is 1. The monoisotopic (exact) mass is 305 g/mol. The van der Waals surface area contributed by atoms with Crippen LogP contribution in [-0.4, -0.2) is 17.0 Å². The first-order chi connectivity index (χ1) is 9.97. The van der Waals surface area contributed by atoms with Crippen molar-refractivity contribution in [2.75, 3.05) is 5.32 Å². The van der Waals surface area contributed by atoms with Crippen molar-refractivity contribution in [3.8, 4) is 0 Å². The highest BCUT2D eigenvalue weighted by Gasteiger charge is 2.15. The number of carbonyl (C=O) groups is 2. The van der Waals surface area contributed by atoms with Gasteiger partial charge in [0, 0.05) is 6.08 Å². The molecule has 0 atom stereocenters. The average Bonchev–Trinajstić information content (AvgIpc) is 2.82. The van der Waals surface area contributed by atoms with E-state index in [4.69, 9.17) is 21.1 Å². The molecule has 0 saturated carbocycles. The Hall–Kier alpha value is -2.53. The van der Waals surface area contributed by atoms with Crippen LogP contribution in [0, 0.1) is 6.92 Å². The zero-order valence-corrected chi connectivity index (χ0v) is 11.8. The molecular weight excluding hydrogens is 294 g/mol. The van der Waals surface area contributed by atoms with E-state index in [0.717, 1.165) is 5.76 Å². The van der Waals surface area contributed by atoms with Gasteiger partial charge in [0.2, 0.25) is 5.91 Å². The molecule has 0 saturated heterocycles. The van der Waals surface area contributed by atoms with Crippen LogP contribution in [0.4, 0.5) is 5.69 Å². The van der Waals surface area contributed by atoms with E-state index in [1.165, 1.54) is 24.3 Å². The summed E-state index contributed by atoms with van der Waals surface area (Å²) in [5, 5.41) is 11.6. The highest BCUT2D eigenvalue weighted by atomic mass is 35.5. The van der Waals surface area contributed by atoms with Gasteiger partial charge in [0.1, 0.15) is 17.1 Å². The van der Waals surface area contributed by atoms with E-state index in [9.17, 15) is 9.59 Å². The molecule has 1 aromatic carbocycles. The smallest absolute Gasteiger partial charge is 0.339 e. The van der Waals surface area contributed by atoms with E-state index in [-0.39, 0.29) is 16.3 Å². The van der Waals surface area contributed by atoms with Crippen LogP contribution in [0.1, 0.15) is 21.9 Å². The average molecular weight is 306 g/mol. The highest BCUT2D eigenvalue weighted by Crippen LogP contribution is 2.24. The van der Waals surface area contributed by atoms with Crippen molar-refractivity contribution in [3.63, 3.8) is 0 Å². The molecular formula is C15H12ClNO4. The summed E-state index contributed by atoms with van der Waals surface area (Å²) < 4.78 is 5.28. The van der Waals surface area contributed by atoms with Gasteiger partial charge in [0.25, 0.3) is 0 Å².